The Balaban J connectivity index is 1.92. The minimum atomic E-state index is 0.0319. The number of hydrogen-bond acceptors (Lipinski definition) is 3. The summed E-state index contributed by atoms with van der Waals surface area (Å²) in [5.74, 6) is 1.24. The summed E-state index contributed by atoms with van der Waals surface area (Å²) in [5.41, 5.74) is 1.88. The van der Waals surface area contributed by atoms with Gasteiger partial charge in [0.2, 0.25) is 0 Å². The van der Waals surface area contributed by atoms with Crippen LogP contribution in [0.1, 0.15) is 37.0 Å². The number of hydrogen-bond donors (Lipinski definition) is 1. The maximum Gasteiger partial charge on any atom is 0.251 e. The van der Waals surface area contributed by atoms with E-state index in [1.807, 2.05) is 43.1 Å². The molecule has 2 rings (SSSR count). The van der Waals surface area contributed by atoms with Crippen LogP contribution in [-0.2, 0) is 0 Å². The largest absolute Gasteiger partial charge is 0.375 e. The molecular formula is C16H24N2OS. The van der Waals surface area contributed by atoms with E-state index < -0.39 is 0 Å². The molecule has 110 valence electrons. The highest BCUT2D eigenvalue weighted by molar-refractivity contribution is 8.00. The summed E-state index contributed by atoms with van der Waals surface area (Å²) < 4.78 is 0.220. The molecule has 0 aliphatic carbocycles. The van der Waals surface area contributed by atoms with Gasteiger partial charge in [0.1, 0.15) is 0 Å². The molecule has 1 saturated heterocycles. The lowest BCUT2D eigenvalue weighted by atomic mass is 10.1. The number of carbonyl (C=O) groups excluding carboxylic acids is 1. The molecule has 0 aromatic heterocycles. The summed E-state index contributed by atoms with van der Waals surface area (Å²) in [7, 11) is 2.05. The third-order valence-corrected chi connectivity index (χ3v) is 5.51. The predicted octanol–water partition coefficient (Wildman–Crippen LogP) is 3.16. The predicted molar refractivity (Wildman–Crippen MR) is 87.8 cm³/mol. The lowest BCUT2D eigenvalue weighted by Gasteiger charge is -2.23. The van der Waals surface area contributed by atoms with Crippen molar-refractivity contribution in [2.45, 2.75) is 31.4 Å². The van der Waals surface area contributed by atoms with Crippen molar-refractivity contribution < 1.29 is 4.79 Å². The fourth-order valence-electron chi connectivity index (χ4n) is 2.40. The molecule has 0 spiro atoms. The molecule has 1 N–H and O–H groups in total. The Morgan fingerprint density at radius 1 is 1.40 bits per heavy atom. The summed E-state index contributed by atoms with van der Waals surface area (Å²) in [6, 6.07) is 7.82. The van der Waals surface area contributed by atoms with E-state index in [0.29, 0.717) is 0 Å². The molecule has 1 heterocycles. The van der Waals surface area contributed by atoms with E-state index in [-0.39, 0.29) is 10.7 Å². The molecule has 3 nitrogen and oxygen atoms in total. The second kappa shape index (κ2) is 6.53. The summed E-state index contributed by atoms with van der Waals surface area (Å²) in [6.45, 7) is 6.07. The molecule has 1 fully saturated rings. The van der Waals surface area contributed by atoms with E-state index in [2.05, 4.69) is 24.1 Å². The standard InChI is InChI=1S/C16H24N2OS/c1-4-18(3)14-8-6-13(7-9-14)15(19)17-12-16(2)10-5-11-20-16/h6-9H,4-5,10-12H2,1-3H3,(H,17,19). The molecule has 4 heteroatoms. The van der Waals surface area contributed by atoms with Crippen LogP contribution in [0.25, 0.3) is 0 Å². The number of benzene rings is 1. The zero-order valence-corrected chi connectivity index (χ0v) is 13.4. The molecule has 0 bridgehead atoms. The number of rotatable bonds is 5. The minimum absolute atomic E-state index is 0.0319. The first-order chi connectivity index (χ1) is 9.54. The third-order valence-electron chi connectivity index (χ3n) is 3.97. The van der Waals surface area contributed by atoms with E-state index >= 15 is 0 Å². The molecule has 0 saturated carbocycles. The second-order valence-electron chi connectivity index (χ2n) is 5.65. The lowest BCUT2D eigenvalue weighted by molar-refractivity contribution is 0.0950. The van der Waals surface area contributed by atoms with Gasteiger partial charge in [0.25, 0.3) is 5.91 Å². The van der Waals surface area contributed by atoms with Gasteiger partial charge in [-0.1, -0.05) is 0 Å². The van der Waals surface area contributed by atoms with E-state index in [1.54, 1.807) is 0 Å². The van der Waals surface area contributed by atoms with Gasteiger partial charge in [-0.3, -0.25) is 4.79 Å². The van der Waals surface area contributed by atoms with Gasteiger partial charge in [-0.2, -0.15) is 11.8 Å². The lowest BCUT2D eigenvalue weighted by Crippen LogP contribution is -2.36. The van der Waals surface area contributed by atoms with Crippen LogP contribution in [-0.4, -0.2) is 36.5 Å². The average Bonchev–Trinajstić information content (AvgIpc) is 2.91. The zero-order valence-electron chi connectivity index (χ0n) is 12.6. The van der Waals surface area contributed by atoms with Crippen LogP contribution in [0.2, 0.25) is 0 Å². The van der Waals surface area contributed by atoms with Crippen molar-refractivity contribution in [1.29, 1.82) is 0 Å². The summed E-state index contributed by atoms with van der Waals surface area (Å²) in [6.07, 6.45) is 2.45. The first-order valence-electron chi connectivity index (χ1n) is 7.27. The van der Waals surface area contributed by atoms with E-state index in [1.165, 1.54) is 18.6 Å². The van der Waals surface area contributed by atoms with Crippen molar-refractivity contribution in [2.24, 2.45) is 0 Å². The van der Waals surface area contributed by atoms with Gasteiger partial charge in [-0.25, -0.2) is 0 Å². The fraction of sp³-hybridized carbons (Fsp3) is 0.562. The Bertz CT molecular complexity index is 452. The van der Waals surface area contributed by atoms with Gasteiger partial charge in [0.15, 0.2) is 0 Å². The van der Waals surface area contributed by atoms with Crippen molar-refractivity contribution in [3.8, 4) is 0 Å². The number of carbonyl (C=O) groups is 1. The molecule has 20 heavy (non-hydrogen) atoms. The van der Waals surface area contributed by atoms with Crippen molar-refractivity contribution in [3.05, 3.63) is 29.8 Å². The van der Waals surface area contributed by atoms with Crippen LogP contribution in [0.3, 0.4) is 0 Å². The van der Waals surface area contributed by atoms with Crippen LogP contribution < -0.4 is 10.2 Å². The monoisotopic (exact) mass is 292 g/mol. The smallest absolute Gasteiger partial charge is 0.251 e. The first kappa shape index (κ1) is 15.2. The van der Waals surface area contributed by atoms with Gasteiger partial charge in [-0.05, 0) is 56.7 Å². The number of amides is 1. The highest BCUT2D eigenvalue weighted by atomic mass is 32.2. The molecule has 1 aromatic carbocycles. The Morgan fingerprint density at radius 3 is 2.65 bits per heavy atom. The first-order valence-corrected chi connectivity index (χ1v) is 8.26. The maximum atomic E-state index is 12.2. The third kappa shape index (κ3) is 3.69. The zero-order chi connectivity index (χ0) is 14.6. The maximum absolute atomic E-state index is 12.2. The normalized spacial score (nSPS) is 21.8. The van der Waals surface area contributed by atoms with Gasteiger partial charge >= 0.3 is 0 Å². The molecule has 0 radical (unpaired) electrons. The summed E-state index contributed by atoms with van der Waals surface area (Å²) >= 11 is 1.97. The molecule has 1 unspecified atom stereocenters. The molecular weight excluding hydrogens is 268 g/mol. The Kier molecular flexibility index (Phi) is 4.97. The SMILES string of the molecule is CCN(C)c1ccc(C(=O)NCC2(C)CCCS2)cc1. The van der Waals surface area contributed by atoms with E-state index in [9.17, 15) is 4.79 Å². The molecule has 1 aliphatic heterocycles. The number of anilines is 1. The van der Waals surface area contributed by atoms with Crippen LogP contribution in [0.5, 0.6) is 0 Å². The van der Waals surface area contributed by atoms with Crippen molar-refractivity contribution >= 4 is 23.4 Å². The number of thioether (sulfide) groups is 1. The van der Waals surface area contributed by atoms with Crippen molar-refractivity contribution in [3.63, 3.8) is 0 Å². The molecule has 1 amide bonds. The fourth-order valence-corrected chi connectivity index (χ4v) is 3.64. The van der Waals surface area contributed by atoms with E-state index in [0.717, 1.165) is 24.3 Å². The highest BCUT2D eigenvalue weighted by Crippen LogP contribution is 2.36. The minimum Gasteiger partial charge on any atom is -0.375 e. The Morgan fingerprint density at radius 2 is 2.10 bits per heavy atom. The number of nitrogens with zero attached hydrogens (tertiary/aromatic N) is 1. The van der Waals surface area contributed by atoms with Crippen molar-refractivity contribution in [2.75, 3.05) is 30.8 Å². The summed E-state index contributed by atoms with van der Waals surface area (Å²) in [4.78, 5) is 14.3. The van der Waals surface area contributed by atoms with Crippen LogP contribution >= 0.6 is 11.8 Å². The topological polar surface area (TPSA) is 32.3 Å². The Hall–Kier alpha value is -1.16. The van der Waals surface area contributed by atoms with Gasteiger partial charge < -0.3 is 10.2 Å². The van der Waals surface area contributed by atoms with Gasteiger partial charge in [0.05, 0.1) is 0 Å². The van der Waals surface area contributed by atoms with E-state index in [4.69, 9.17) is 0 Å². The van der Waals surface area contributed by atoms with Gasteiger partial charge in [-0.15, -0.1) is 0 Å². The highest BCUT2D eigenvalue weighted by Gasteiger charge is 2.29. The van der Waals surface area contributed by atoms with Crippen LogP contribution in [0.4, 0.5) is 5.69 Å². The Labute approximate surface area is 126 Å². The molecule has 1 atom stereocenters. The molecule has 1 aromatic rings. The van der Waals surface area contributed by atoms with Crippen molar-refractivity contribution in [1.82, 2.24) is 5.32 Å². The quantitative estimate of drug-likeness (QED) is 0.905. The van der Waals surface area contributed by atoms with Gasteiger partial charge in [0, 0.05) is 36.1 Å². The summed E-state index contributed by atoms with van der Waals surface area (Å²) in [5, 5.41) is 3.07. The molecule has 1 aliphatic rings. The average molecular weight is 292 g/mol. The van der Waals surface area contributed by atoms with Crippen LogP contribution in [0.15, 0.2) is 24.3 Å². The van der Waals surface area contributed by atoms with Crippen LogP contribution in [0, 0.1) is 0 Å². The second-order valence-corrected chi connectivity index (χ2v) is 7.33. The number of nitrogens with one attached hydrogen (secondary N) is 1.